The highest BCUT2D eigenvalue weighted by Gasteiger charge is 2.14. The lowest BCUT2D eigenvalue weighted by atomic mass is 10.2. The summed E-state index contributed by atoms with van der Waals surface area (Å²) in [5.74, 6) is 1.72. The van der Waals surface area contributed by atoms with Crippen LogP contribution in [0.25, 0.3) is 11.4 Å². The van der Waals surface area contributed by atoms with Crippen molar-refractivity contribution in [1.29, 1.82) is 0 Å². The molecule has 1 heterocycles. The fraction of sp³-hybridized carbons (Fsp3) is 0.211. The van der Waals surface area contributed by atoms with Gasteiger partial charge >= 0.3 is 0 Å². The van der Waals surface area contributed by atoms with Gasteiger partial charge in [-0.2, -0.15) is 4.98 Å². The third-order valence-corrected chi connectivity index (χ3v) is 3.76. The van der Waals surface area contributed by atoms with E-state index in [4.69, 9.17) is 14.0 Å². The summed E-state index contributed by atoms with van der Waals surface area (Å²) in [6.07, 6.45) is -0.0275. The number of aromatic nitrogens is 2. The summed E-state index contributed by atoms with van der Waals surface area (Å²) < 4.78 is 15.6. The van der Waals surface area contributed by atoms with E-state index in [9.17, 15) is 4.79 Å². The quantitative estimate of drug-likeness (QED) is 0.732. The number of hydrogen-bond acceptors (Lipinski definition) is 6. The Hall–Kier alpha value is -3.35. The van der Waals surface area contributed by atoms with E-state index < -0.39 is 0 Å². The predicted molar refractivity (Wildman–Crippen MR) is 96.4 cm³/mol. The number of nitrogens with one attached hydrogen (secondary N) is 1. The third kappa shape index (κ3) is 4.00. The van der Waals surface area contributed by atoms with Gasteiger partial charge in [-0.3, -0.25) is 4.79 Å². The van der Waals surface area contributed by atoms with Gasteiger partial charge in [-0.15, -0.1) is 0 Å². The number of aryl methyl sites for hydroxylation is 1. The normalized spacial score (nSPS) is 10.4. The molecule has 0 bridgehead atoms. The summed E-state index contributed by atoms with van der Waals surface area (Å²) in [7, 11) is 3.16. The first kappa shape index (κ1) is 17.5. The minimum atomic E-state index is -0.265. The lowest BCUT2D eigenvalue weighted by molar-refractivity contribution is -0.115. The molecule has 0 spiro atoms. The summed E-state index contributed by atoms with van der Waals surface area (Å²) >= 11 is 0. The molecule has 134 valence electrons. The van der Waals surface area contributed by atoms with Crippen LogP contribution in [0, 0.1) is 6.92 Å². The Bertz CT molecular complexity index is 903. The van der Waals surface area contributed by atoms with Crippen LogP contribution < -0.4 is 14.8 Å². The molecule has 7 heteroatoms. The molecular formula is C19H19N3O4. The molecule has 0 aliphatic carbocycles. The number of rotatable bonds is 6. The Kier molecular flexibility index (Phi) is 5.17. The second-order valence-corrected chi connectivity index (χ2v) is 5.67. The molecule has 1 aromatic heterocycles. The van der Waals surface area contributed by atoms with Crippen molar-refractivity contribution in [3.63, 3.8) is 0 Å². The van der Waals surface area contributed by atoms with E-state index in [2.05, 4.69) is 15.5 Å². The van der Waals surface area contributed by atoms with Gasteiger partial charge in [-0.1, -0.05) is 11.2 Å². The monoisotopic (exact) mass is 353 g/mol. The molecule has 7 nitrogen and oxygen atoms in total. The highest BCUT2D eigenvalue weighted by atomic mass is 16.5. The van der Waals surface area contributed by atoms with Crippen LogP contribution in [0.5, 0.6) is 11.5 Å². The number of ether oxygens (including phenoxy) is 2. The van der Waals surface area contributed by atoms with Gasteiger partial charge in [0, 0.05) is 5.56 Å². The SMILES string of the molecule is COc1ccc(-c2noc(CC(=O)Nc3cc(C)ccc3OC)n2)cc1. The Morgan fingerprint density at radius 3 is 2.58 bits per heavy atom. The molecule has 0 radical (unpaired) electrons. The van der Waals surface area contributed by atoms with Crippen LogP contribution in [0.4, 0.5) is 5.69 Å². The van der Waals surface area contributed by atoms with Gasteiger partial charge in [-0.25, -0.2) is 0 Å². The average Bonchev–Trinajstić information content (AvgIpc) is 3.10. The zero-order chi connectivity index (χ0) is 18.5. The molecule has 0 saturated heterocycles. The fourth-order valence-corrected chi connectivity index (χ4v) is 2.44. The van der Waals surface area contributed by atoms with Gasteiger partial charge in [-0.05, 0) is 48.9 Å². The number of methoxy groups -OCH3 is 2. The Morgan fingerprint density at radius 1 is 1.12 bits per heavy atom. The van der Waals surface area contributed by atoms with Crippen LogP contribution in [0.3, 0.4) is 0 Å². The van der Waals surface area contributed by atoms with Gasteiger partial charge in [0.05, 0.1) is 19.9 Å². The average molecular weight is 353 g/mol. The number of anilines is 1. The van der Waals surface area contributed by atoms with Crippen LogP contribution in [-0.2, 0) is 11.2 Å². The van der Waals surface area contributed by atoms with Crippen LogP contribution in [0.2, 0.25) is 0 Å². The number of nitrogens with zero attached hydrogens (tertiary/aromatic N) is 2. The second-order valence-electron chi connectivity index (χ2n) is 5.67. The van der Waals surface area contributed by atoms with Gasteiger partial charge in [0.1, 0.15) is 17.9 Å². The minimum Gasteiger partial charge on any atom is -0.497 e. The topological polar surface area (TPSA) is 86.5 Å². The van der Waals surface area contributed by atoms with Gasteiger partial charge in [0.25, 0.3) is 0 Å². The van der Waals surface area contributed by atoms with Crippen molar-refractivity contribution in [3.05, 3.63) is 53.9 Å². The highest BCUT2D eigenvalue weighted by molar-refractivity contribution is 5.93. The molecule has 2 aromatic carbocycles. The summed E-state index contributed by atoms with van der Waals surface area (Å²) in [6.45, 7) is 1.94. The first-order valence-corrected chi connectivity index (χ1v) is 8.00. The molecule has 0 unspecified atom stereocenters. The maximum Gasteiger partial charge on any atom is 0.236 e. The first-order chi connectivity index (χ1) is 12.6. The number of benzene rings is 2. The largest absolute Gasteiger partial charge is 0.497 e. The second kappa shape index (κ2) is 7.69. The van der Waals surface area contributed by atoms with Crippen LogP contribution in [-0.4, -0.2) is 30.3 Å². The molecule has 0 saturated carbocycles. The van der Waals surface area contributed by atoms with Gasteiger partial charge < -0.3 is 19.3 Å². The fourth-order valence-electron chi connectivity index (χ4n) is 2.44. The van der Waals surface area contributed by atoms with Crippen molar-refractivity contribution in [2.24, 2.45) is 0 Å². The zero-order valence-corrected chi connectivity index (χ0v) is 14.8. The maximum atomic E-state index is 12.3. The predicted octanol–water partition coefficient (Wildman–Crippen LogP) is 3.24. The molecule has 1 N–H and O–H groups in total. The third-order valence-electron chi connectivity index (χ3n) is 3.76. The molecular weight excluding hydrogens is 334 g/mol. The summed E-state index contributed by atoms with van der Waals surface area (Å²) in [5.41, 5.74) is 2.40. The van der Waals surface area contributed by atoms with Crippen LogP contribution in [0.1, 0.15) is 11.5 Å². The van der Waals surface area contributed by atoms with E-state index in [0.717, 1.165) is 16.9 Å². The molecule has 0 aliphatic rings. The van der Waals surface area contributed by atoms with Crippen molar-refractivity contribution in [3.8, 4) is 22.9 Å². The zero-order valence-electron chi connectivity index (χ0n) is 14.8. The van der Waals surface area contributed by atoms with Crippen LogP contribution >= 0.6 is 0 Å². The molecule has 26 heavy (non-hydrogen) atoms. The smallest absolute Gasteiger partial charge is 0.236 e. The van der Waals surface area contributed by atoms with Crippen molar-refractivity contribution in [2.45, 2.75) is 13.3 Å². The maximum absolute atomic E-state index is 12.3. The van der Waals surface area contributed by atoms with E-state index in [-0.39, 0.29) is 18.2 Å². The molecule has 0 atom stereocenters. The first-order valence-electron chi connectivity index (χ1n) is 8.00. The lowest BCUT2D eigenvalue weighted by Crippen LogP contribution is -2.15. The van der Waals surface area contributed by atoms with Gasteiger partial charge in [0.15, 0.2) is 0 Å². The van der Waals surface area contributed by atoms with Crippen LogP contribution in [0.15, 0.2) is 47.0 Å². The number of carbonyl (C=O) groups is 1. The van der Waals surface area contributed by atoms with Crippen molar-refractivity contribution >= 4 is 11.6 Å². The van der Waals surface area contributed by atoms with Crippen molar-refractivity contribution in [1.82, 2.24) is 10.1 Å². The number of amides is 1. The Labute approximate surface area is 150 Å². The van der Waals surface area contributed by atoms with Crippen molar-refractivity contribution in [2.75, 3.05) is 19.5 Å². The van der Waals surface area contributed by atoms with Crippen molar-refractivity contribution < 1.29 is 18.8 Å². The summed E-state index contributed by atoms with van der Waals surface area (Å²) in [6, 6.07) is 12.8. The molecule has 3 rings (SSSR count). The highest BCUT2D eigenvalue weighted by Crippen LogP contribution is 2.25. The van der Waals surface area contributed by atoms with E-state index in [1.807, 2.05) is 43.3 Å². The summed E-state index contributed by atoms with van der Waals surface area (Å²) in [5, 5.41) is 6.72. The lowest BCUT2D eigenvalue weighted by Gasteiger charge is -2.10. The Balaban J connectivity index is 1.69. The van der Waals surface area contributed by atoms with E-state index >= 15 is 0 Å². The standard InChI is InChI=1S/C19H19N3O4/c1-12-4-9-16(25-3)15(10-12)20-17(23)11-18-21-19(22-26-18)13-5-7-14(24-2)8-6-13/h4-10H,11H2,1-3H3,(H,20,23). The van der Waals surface area contributed by atoms with E-state index in [1.165, 1.54) is 0 Å². The van der Waals surface area contributed by atoms with Gasteiger partial charge in [0.2, 0.25) is 17.6 Å². The summed E-state index contributed by atoms with van der Waals surface area (Å²) in [4.78, 5) is 16.5. The van der Waals surface area contributed by atoms with E-state index in [0.29, 0.717) is 17.3 Å². The Morgan fingerprint density at radius 2 is 1.88 bits per heavy atom. The number of hydrogen-bond donors (Lipinski definition) is 1. The van der Waals surface area contributed by atoms with E-state index in [1.54, 1.807) is 20.3 Å². The molecule has 0 fully saturated rings. The molecule has 3 aromatic rings. The molecule has 1 amide bonds. The number of carbonyl (C=O) groups excluding carboxylic acids is 1. The minimum absolute atomic E-state index is 0.0275. The molecule has 0 aliphatic heterocycles.